The van der Waals surface area contributed by atoms with E-state index in [4.69, 9.17) is 5.73 Å². The van der Waals surface area contributed by atoms with Gasteiger partial charge in [-0.2, -0.15) is 26.3 Å². The fraction of sp³-hybridized carbons (Fsp3) is 0.533. The second-order valence-electron chi connectivity index (χ2n) is 11.3. The fourth-order valence-corrected chi connectivity index (χ4v) is 3.95. The van der Waals surface area contributed by atoms with Crippen LogP contribution in [0.3, 0.4) is 0 Å². The Morgan fingerprint density at radius 1 is 0.952 bits per heavy atom. The predicted molar refractivity (Wildman–Crippen MR) is 149 cm³/mol. The van der Waals surface area contributed by atoms with Gasteiger partial charge in [0.2, 0.25) is 0 Å². The van der Waals surface area contributed by atoms with E-state index in [-0.39, 0.29) is 42.2 Å². The van der Waals surface area contributed by atoms with Crippen LogP contribution in [-0.4, -0.2) is 34.3 Å². The summed E-state index contributed by atoms with van der Waals surface area (Å²) in [5.74, 6) is 10.8. The van der Waals surface area contributed by atoms with Gasteiger partial charge in [0.15, 0.2) is 0 Å². The van der Waals surface area contributed by atoms with Crippen LogP contribution in [0, 0.1) is 41.3 Å². The number of aromatic nitrogens is 1. The van der Waals surface area contributed by atoms with Gasteiger partial charge >= 0.3 is 12.4 Å². The highest BCUT2D eigenvalue weighted by atomic mass is 35.5. The van der Waals surface area contributed by atoms with Crippen LogP contribution in [0.2, 0.25) is 0 Å². The molecule has 4 rings (SSSR count). The van der Waals surface area contributed by atoms with E-state index in [0.29, 0.717) is 11.3 Å². The molecule has 2 aliphatic carbocycles. The van der Waals surface area contributed by atoms with Gasteiger partial charge in [0.1, 0.15) is 11.3 Å². The molecule has 4 nitrogen and oxygen atoms in total. The molecule has 12 heteroatoms. The number of nitrogens with zero attached hydrogens (tertiary/aromatic N) is 1. The molecule has 2 saturated carbocycles. The number of fused-ring (bicyclic) bond motifs is 1. The second-order valence-corrected chi connectivity index (χ2v) is 11.3. The van der Waals surface area contributed by atoms with Crippen molar-refractivity contribution in [3.63, 3.8) is 0 Å². The second kappa shape index (κ2) is 14.0. The molecule has 1 aromatic heterocycles. The number of amides is 1. The topological polar surface area (TPSA) is 68.0 Å². The van der Waals surface area contributed by atoms with Crippen LogP contribution in [-0.2, 0) is 0 Å². The van der Waals surface area contributed by atoms with E-state index < -0.39 is 48.0 Å². The van der Waals surface area contributed by atoms with Gasteiger partial charge in [0.25, 0.3) is 5.91 Å². The zero-order valence-electron chi connectivity index (χ0n) is 23.2. The summed E-state index contributed by atoms with van der Waals surface area (Å²) >= 11 is 0. The molecule has 1 amide bonds. The minimum Gasteiger partial charge on any atom is -0.346 e. The number of para-hydroxylation sites is 1. The van der Waals surface area contributed by atoms with Crippen molar-refractivity contribution in [2.45, 2.75) is 88.6 Å². The van der Waals surface area contributed by atoms with Gasteiger partial charge in [-0.05, 0) is 51.7 Å². The number of pyridine rings is 1. The average Bonchev–Trinajstić information content (AvgIpc) is 3.73. The highest BCUT2D eigenvalue weighted by Gasteiger charge is 2.40. The molecule has 1 aromatic carbocycles. The lowest BCUT2D eigenvalue weighted by molar-refractivity contribution is -0.148. The van der Waals surface area contributed by atoms with Crippen molar-refractivity contribution in [3.05, 3.63) is 41.8 Å². The Kier molecular flexibility index (Phi) is 11.7. The quantitative estimate of drug-likeness (QED) is 0.260. The zero-order chi connectivity index (χ0) is 30.5. The molecule has 42 heavy (non-hydrogen) atoms. The van der Waals surface area contributed by atoms with Crippen LogP contribution in [0.5, 0.6) is 0 Å². The Hall–Kier alpha value is -3.02. The summed E-state index contributed by atoms with van der Waals surface area (Å²) in [4.78, 5) is 16.4. The lowest BCUT2D eigenvalue weighted by atomic mass is 9.92. The summed E-state index contributed by atoms with van der Waals surface area (Å²) < 4.78 is 88.7. The average molecular weight is 620 g/mol. The van der Waals surface area contributed by atoms with Crippen molar-refractivity contribution in [1.82, 2.24) is 10.3 Å². The number of hydrogen-bond donors (Lipinski definition) is 2. The normalized spacial score (nSPS) is 17.5. The molecule has 0 radical (unpaired) electrons. The number of carbonyl (C=O) groups excluding carboxylic acids is 1. The van der Waals surface area contributed by atoms with Gasteiger partial charge in [-0.15, -0.1) is 24.2 Å². The maximum absolute atomic E-state index is 13.7. The van der Waals surface area contributed by atoms with E-state index in [2.05, 4.69) is 34.0 Å². The van der Waals surface area contributed by atoms with E-state index in [0.717, 1.165) is 31.9 Å². The lowest BCUT2D eigenvalue weighted by Gasteiger charge is -2.30. The Bertz CT molecular complexity index is 1360. The molecule has 2 atom stereocenters. The summed E-state index contributed by atoms with van der Waals surface area (Å²) in [5, 5.41) is 2.84. The van der Waals surface area contributed by atoms with E-state index in [1.807, 2.05) is 0 Å². The van der Waals surface area contributed by atoms with Crippen LogP contribution in [0.25, 0.3) is 10.9 Å². The van der Waals surface area contributed by atoms with Crippen molar-refractivity contribution >= 4 is 29.2 Å². The van der Waals surface area contributed by atoms with Gasteiger partial charge in [-0.25, -0.2) is 4.39 Å². The van der Waals surface area contributed by atoms with E-state index >= 15 is 0 Å². The van der Waals surface area contributed by atoms with Crippen LogP contribution in [0.4, 0.5) is 30.7 Å². The Morgan fingerprint density at radius 3 is 2.02 bits per heavy atom. The maximum Gasteiger partial charge on any atom is 0.391 e. The number of nitrogens with two attached hydrogens (primary N) is 1. The van der Waals surface area contributed by atoms with Gasteiger partial charge in [-0.3, -0.25) is 9.78 Å². The third-order valence-corrected chi connectivity index (χ3v) is 6.27. The first-order valence-electron chi connectivity index (χ1n) is 13.2. The van der Waals surface area contributed by atoms with Gasteiger partial charge in [0.05, 0.1) is 23.9 Å². The number of halogens is 8. The van der Waals surface area contributed by atoms with Crippen molar-refractivity contribution in [2.24, 2.45) is 17.6 Å². The summed E-state index contributed by atoms with van der Waals surface area (Å²) in [6.07, 6.45) is -5.57. The SMILES string of the molecule is CC(CC#CC1CC1)(CC(F)(F)F)NC(=O)c1cnc2c(F)cccc2c1.CC(N)(CC#CC1CC1)CC(F)(F)F.Cl. The molecular weight excluding hydrogens is 587 g/mol. The minimum atomic E-state index is -4.45. The molecule has 2 unspecified atom stereocenters. The first-order chi connectivity index (χ1) is 18.9. The van der Waals surface area contributed by atoms with Crippen LogP contribution >= 0.6 is 12.4 Å². The van der Waals surface area contributed by atoms with Crippen LogP contribution in [0.15, 0.2) is 30.5 Å². The number of carbonyl (C=O) groups is 1. The van der Waals surface area contributed by atoms with Crippen LogP contribution in [0.1, 0.15) is 75.6 Å². The van der Waals surface area contributed by atoms with Gasteiger partial charge in [-0.1, -0.05) is 24.0 Å². The van der Waals surface area contributed by atoms with Crippen molar-refractivity contribution in [2.75, 3.05) is 0 Å². The van der Waals surface area contributed by atoms with E-state index in [1.165, 1.54) is 32.0 Å². The Morgan fingerprint density at radius 2 is 1.50 bits per heavy atom. The van der Waals surface area contributed by atoms with Crippen molar-refractivity contribution < 1.29 is 35.5 Å². The first kappa shape index (κ1) is 35.2. The van der Waals surface area contributed by atoms with E-state index in [9.17, 15) is 35.5 Å². The maximum atomic E-state index is 13.7. The molecule has 230 valence electrons. The molecule has 0 spiro atoms. The Balaban J connectivity index is 0.000000349. The van der Waals surface area contributed by atoms with Gasteiger partial charge in [0, 0.05) is 41.8 Å². The molecule has 2 aromatic rings. The third-order valence-electron chi connectivity index (χ3n) is 6.27. The number of benzene rings is 1. The highest BCUT2D eigenvalue weighted by Crippen LogP contribution is 2.32. The van der Waals surface area contributed by atoms with Crippen molar-refractivity contribution in [3.8, 4) is 23.7 Å². The van der Waals surface area contributed by atoms with Crippen LogP contribution < -0.4 is 11.1 Å². The molecule has 0 aliphatic heterocycles. The lowest BCUT2D eigenvalue weighted by Crippen LogP contribution is -2.48. The number of hydrogen-bond acceptors (Lipinski definition) is 3. The first-order valence-corrected chi connectivity index (χ1v) is 13.2. The standard InChI is InChI=1S/C20H18F4N2O.C10H14F3N.ClH/c1-19(12-20(22,23)24,9-3-4-13-7-8-13)26-18(27)15-10-14-5-2-6-16(21)17(14)25-11-15;1-9(14,7-10(11,12)13)6-2-3-8-4-5-8;/h2,5-6,10-11,13H,7-9,12H2,1H3,(H,26,27);8H,4-7,14H2,1H3;1H. The largest absolute Gasteiger partial charge is 0.391 e. The molecule has 1 heterocycles. The monoisotopic (exact) mass is 619 g/mol. The predicted octanol–water partition coefficient (Wildman–Crippen LogP) is 7.50. The minimum absolute atomic E-state index is 0. The highest BCUT2D eigenvalue weighted by molar-refractivity contribution is 5.97. The fourth-order valence-electron chi connectivity index (χ4n) is 3.95. The summed E-state index contributed by atoms with van der Waals surface area (Å²) in [6, 6.07) is 5.71. The molecular formula is C30H33ClF7N3O. The molecule has 3 N–H and O–H groups in total. The Labute approximate surface area is 246 Å². The molecule has 0 saturated heterocycles. The molecule has 2 aliphatic rings. The summed E-state index contributed by atoms with van der Waals surface area (Å²) in [7, 11) is 0. The van der Waals surface area contributed by atoms with E-state index in [1.54, 1.807) is 6.07 Å². The van der Waals surface area contributed by atoms with Gasteiger partial charge < -0.3 is 11.1 Å². The number of nitrogens with one attached hydrogen (secondary N) is 1. The smallest absolute Gasteiger partial charge is 0.346 e. The summed E-state index contributed by atoms with van der Waals surface area (Å²) in [5.41, 5.74) is 2.84. The molecule has 0 bridgehead atoms. The molecule has 2 fully saturated rings. The summed E-state index contributed by atoms with van der Waals surface area (Å²) in [6.45, 7) is 2.72. The van der Waals surface area contributed by atoms with Crippen molar-refractivity contribution in [1.29, 1.82) is 0 Å². The zero-order valence-corrected chi connectivity index (χ0v) is 24.0. The third kappa shape index (κ3) is 12.9. The number of rotatable bonds is 6. The number of alkyl halides is 6.